The van der Waals surface area contributed by atoms with Gasteiger partial charge in [-0.15, -0.1) is 0 Å². The van der Waals surface area contributed by atoms with Crippen LogP contribution >= 0.6 is 0 Å². The summed E-state index contributed by atoms with van der Waals surface area (Å²) in [6.07, 6.45) is 2.43. The highest BCUT2D eigenvalue weighted by Crippen LogP contribution is 2.26. The normalized spacial score (nSPS) is 21.2. The van der Waals surface area contributed by atoms with Gasteiger partial charge in [-0.25, -0.2) is 0 Å². The molecule has 94 valence electrons. The lowest BCUT2D eigenvalue weighted by Gasteiger charge is -2.30. The average molecular weight is 237 g/mol. The van der Waals surface area contributed by atoms with Gasteiger partial charge in [0.1, 0.15) is 11.9 Å². The van der Waals surface area contributed by atoms with Crippen LogP contribution in [0.5, 0.6) is 5.75 Å². The molecule has 17 heavy (non-hydrogen) atoms. The third-order valence-electron chi connectivity index (χ3n) is 3.03. The van der Waals surface area contributed by atoms with Crippen LogP contribution in [0.3, 0.4) is 0 Å². The van der Waals surface area contributed by atoms with Crippen molar-refractivity contribution in [2.24, 2.45) is 0 Å². The molecule has 1 unspecified atom stereocenters. The van der Waals surface area contributed by atoms with Gasteiger partial charge < -0.3 is 15.4 Å². The summed E-state index contributed by atoms with van der Waals surface area (Å²) in [6.45, 7) is 2.07. The van der Waals surface area contributed by atoms with Crippen molar-refractivity contribution in [2.45, 2.75) is 18.9 Å². The summed E-state index contributed by atoms with van der Waals surface area (Å²) in [6, 6.07) is 5.26. The number of nitrogens with two attached hydrogens (primary N) is 1. The van der Waals surface area contributed by atoms with Gasteiger partial charge in [0.25, 0.3) is 0 Å². The predicted octanol–water partition coefficient (Wildman–Crippen LogP) is 1.54. The number of piperidine rings is 1. The fraction of sp³-hybridized carbons (Fsp3) is 0.500. The van der Waals surface area contributed by atoms with Crippen molar-refractivity contribution >= 4 is 11.4 Å². The Balaban J connectivity index is 2.02. The maximum absolute atomic E-state index is 8.90. The first kappa shape index (κ1) is 12.0. The Morgan fingerprint density at radius 2 is 2.35 bits per heavy atom. The van der Waals surface area contributed by atoms with Crippen LogP contribution in [0, 0.1) is 0 Å². The first-order valence-electron chi connectivity index (χ1n) is 5.84. The lowest BCUT2D eigenvalue weighted by Crippen LogP contribution is -2.38. The van der Waals surface area contributed by atoms with Crippen LogP contribution in [-0.4, -0.2) is 36.3 Å². The van der Waals surface area contributed by atoms with Gasteiger partial charge in [0.15, 0.2) is 0 Å². The van der Waals surface area contributed by atoms with Crippen LogP contribution in [0.1, 0.15) is 12.8 Å². The molecular formula is C12H19N3O2. The zero-order chi connectivity index (χ0) is 12.3. The second kappa shape index (κ2) is 5.25. The molecular weight excluding hydrogens is 218 g/mol. The van der Waals surface area contributed by atoms with Crippen molar-refractivity contribution in [1.82, 2.24) is 4.90 Å². The Morgan fingerprint density at radius 3 is 3.06 bits per heavy atom. The second-order valence-corrected chi connectivity index (χ2v) is 4.51. The second-order valence-electron chi connectivity index (χ2n) is 4.51. The number of hydrogen-bond donors (Lipinski definition) is 3. The minimum Gasteiger partial charge on any atom is -0.489 e. The highest BCUT2D eigenvalue weighted by atomic mass is 16.5. The summed E-state index contributed by atoms with van der Waals surface area (Å²) in [5.41, 5.74) is 8.71. The van der Waals surface area contributed by atoms with Crippen LogP contribution in [-0.2, 0) is 0 Å². The number of nitrogens with one attached hydrogen (secondary N) is 1. The van der Waals surface area contributed by atoms with E-state index >= 15 is 0 Å². The Morgan fingerprint density at radius 1 is 1.53 bits per heavy atom. The fourth-order valence-electron chi connectivity index (χ4n) is 2.11. The number of rotatable bonds is 3. The molecule has 1 saturated heterocycles. The molecule has 0 spiro atoms. The van der Waals surface area contributed by atoms with Crippen LogP contribution in [0.15, 0.2) is 18.2 Å². The van der Waals surface area contributed by atoms with Gasteiger partial charge in [-0.2, -0.15) is 0 Å². The molecule has 4 N–H and O–H groups in total. The highest BCUT2D eigenvalue weighted by Gasteiger charge is 2.18. The van der Waals surface area contributed by atoms with Crippen molar-refractivity contribution in [1.29, 1.82) is 0 Å². The van der Waals surface area contributed by atoms with E-state index in [-0.39, 0.29) is 6.10 Å². The molecule has 5 nitrogen and oxygen atoms in total. The molecule has 1 atom stereocenters. The first-order valence-corrected chi connectivity index (χ1v) is 5.84. The van der Waals surface area contributed by atoms with Crippen LogP contribution < -0.4 is 16.0 Å². The van der Waals surface area contributed by atoms with E-state index in [1.165, 1.54) is 0 Å². The number of benzene rings is 1. The number of likely N-dealkylation sites (N-methyl/N-ethyl adjacent to an activating group) is 1. The molecule has 2 rings (SSSR count). The lowest BCUT2D eigenvalue weighted by atomic mass is 10.1. The zero-order valence-electron chi connectivity index (χ0n) is 10.0. The van der Waals surface area contributed by atoms with E-state index in [2.05, 4.69) is 17.4 Å². The van der Waals surface area contributed by atoms with Crippen molar-refractivity contribution in [3.63, 3.8) is 0 Å². The number of hydrogen-bond acceptors (Lipinski definition) is 5. The molecule has 1 fully saturated rings. The Labute approximate surface area is 101 Å². The zero-order valence-corrected chi connectivity index (χ0v) is 10.0. The van der Waals surface area contributed by atoms with Gasteiger partial charge in [-0.1, -0.05) is 0 Å². The first-order chi connectivity index (χ1) is 8.19. The summed E-state index contributed by atoms with van der Waals surface area (Å²) in [5.74, 6) is 0.732. The summed E-state index contributed by atoms with van der Waals surface area (Å²) in [4.78, 5) is 2.26. The molecule has 0 radical (unpaired) electrons. The molecule has 0 amide bonds. The molecule has 0 aliphatic carbocycles. The van der Waals surface area contributed by atoms with Gasteiger partial charge >= 0.3 is 0 Å². The minimum atomic E-state index is 0.212. The van der Waals surface area contributed by atoms with E-state index < -0.39 is 0 Å². The summed E-state index contributed by atoms with van der Waals surface area (Å²) in [7, 11) is 2.10. The molecule has 0 aromatic heterocycles. The fourth-order valence-corrected chi connectivity index (χ4v) is 2.11. The molecule has 0 bridgehead atoms. The number of ether oxygens (including phenoxy) is 1. The number of nitrogens with zero attached hydrogens (tertiary/aromatic N) is 1. The number of likely N-dealkylation sites (tertiary alicyclic amines) is 1. The van der Waals surface area contributed by atoms with E-state index in [0.29, 0.717) is 11.4 Å². The summed E-state index contributed by atoms with van der Waals surface area (Å²) >= 11 is 0. The maximum Gasteiger partial charge on any atom is 0.122 e. The Kier molecular flexibility index (Phi) is 3.71. The van der Waals surface area contributed by atoms with E-state index in [1.54, 1.807) is 12.1 Å². The van der Waals surface area contributed by atoms with Crippen LogP contribution in [0.4, 0.5) is 11.4 Å². The van der Waals surface area contributed by atoms with E-state index in [1.807, 2.05) is 6.07 Å². The maximum atomic E-state index is 8.90. The monoisotopic (exact) mass is 237 g/mol. The Hall–Kier alpha value is -1.46. The van der Waals surface area contributed by atoms with Crippen molar-refractivity contribution in [2.75, 3.05) is 31.4 Å². The molecule has 1 aromatic carbocycles. The smallest absolute Gasteiger partial charge is 0.122 e. The van der Waals surface area contributed by atoms with Crippen molar-refractivity contribution in [3.8, 4) is 5.75 Å². The van der Waals surface area contributed by atoms with E-state index in [9.17, 15) is 0 Å². The molecule has 5 heteroatoms. The van der Waals surface area contributed by atoms with Crippen molar-refractivity contribution in [3.05, 3.63) is 18.2 Å². The van der Waals surface area contributed by atoms with E-state index in [4.69, 9.17) is 15.7 Å². The molecule has 1 heterocycles. The average Bonchev–Trinajstić information content (AvgIpc) is 2.32. The molecule has 1 aliphatic heterocycles. The van der Waals surface area contributed by atoms with Crippen molar-refractivity contribution < 1.29 is 9.94 Å². The van der Waals surface area contributed by atoms with Gasteiger partial charge in [0.05, 0.1) is 11.4 Å². The standard InChI is InChI=1S/C12H19N3O2/c1-15-6-2-3-10(8-15)17-9-4-5-11(13)12(7-9)14-16/h4-5,7,10,14,16H,2-3,6,8,13H2,1H3. The number of nitrogen functional groups attached to an aromatic ring is 1. The third kappa shape index (κ3) is 3.01. The molecule has 1 aliphatic rings. The highest BCUT2D eigenvalue weighted by molar-refractivity contribution is 5.67. The topological polar surface area (TPSA) is 70.8 Å². The van der Waals surface area contributed by atoms with Gasteiger partial charge in [-0.3, -0.25) is 10.7 Å². The predicted molar refractivity (Wildman–Crippen MR) is 67.4 cm³/mol. The summed E-state index contributed by atoms with van der Waals surface area (Å²) in [5, 5.41) is 8.90. The molecule has 1 aromatic rings. The Bertz CT molecular complexity index is 384. The third-order valence-corrected chi connectivity index (χ3v) is 3.03. The summed E-state index contributed by atoms with van der Waals surface area (Å²) < 4.78 is 5.87. The van der Waals surface area contributed by atoms with Gasteiger partial charge in [0, 0.05) is 12.6 Å². The quantitative estimate of drug-likeness (QED) is 0.549. The minimum absolute atomic E-state index is 0.212. The van der Waals surface area contributed by atoms with Gasteiger partial charge in [0.2, 0.25) is 0 Å². The lowest BCUT2D eigenvalue weighted by molar-refractivity contribution is 0.104. The SMILES string of the molecule is CN1CCCC(Oc2ccc(N)c(NO)c2)C1. The van der Waals surface area contributed by atoms with E-state index in [0.717, 1.165) is 31.7 Å². The van der Waals surface area contributed by atoms with Crippen LogP contribution in [0.2, 0.25) is 0 Å². The largest absolute Gasteiger partial charge is 0.489 e. The van der Waals surface area contributed by atoms with Crippen LogP contribution in [0.25, 0.3) is 0 Å². The van der Waals surface area contributed by atoms with Gasteiger partial charge in [-0.05, 0) is 38.6 Å². The molecule has 0 saturated carbocycles. The number of anilines is 2.